The lowest BCUT2D eigenvalue weighted by atomic mass is 9.83. The van der Waals surface area contributed by atoms with Crippen LogP contribution in [0, 0.1) is 5.92 Å². The van der Waals surface area contributed by atoms with Crippen molar-refractivity contribution in [2.45, 2.75) is 83.9 Å². The lowest BCUT2D eigenvalue weighted by molar-refractivity contribution is -0.135. The monoisotopic (exact) mass is 392 g/mol. The Balaban J connectivity index is 0.00000141. The van der Waals surface area contributed by atoms with Gasteiger partial charge < -0.3 is 15.7 Å². The average molecular weight is 393 g/mol. The van der Waals surface area contributed by atoms with Crippen LogP contribution in [0.4, 0.5) is 4.79 Å². The van der Waals surface area contributed by atoms with Crippen LogP contribution in [0.1, 0.15) is 73.6 Å². The molecular formula is C18H36N2O5S. The Labute approximate surface area is 158 Å². The van der Waals surface area contributed by atoms with Gasteiger partial charge in [0.2, 0.25) is 0 Å². The number of carboxylic acids is 1. The van der Waals surface area contributed by atoms with Crippen LogP contribution in [-0.4, -0.2) is 48.1 Å². The molecule has 7 nitrogen and oxygen atoms in total. The summed E-state index contributed by atoms with van der Waals surface area (Å²) in [6, 6.07) is -0.631. The number of amides is 2. The van der Waals surface area contributed by atoms with E-state index in [1.54, 1.807) is 20.8 Å². The van der Waals surface area contributed by atoms with Gasteiger partial charge in [-0.05, 0) is 39.5 Å². The first-order chi connectivity index (χ1) is 11.7. The van der Waals surface area contributed by atoms with Crippen molar-refractivity contribution < 1.29 is 23.1 Å². The van der Waals surface area contributed by atoms with Crippen molar-refractivity contribution >= 4 is 21.8 Å². The maximum Gasteiger partial charge on any atom is 0.323 e. The molecule has 0 saturated heterocycles. The van der Waals surface area contributed by atoms with Gasteiger partial charge >= 0.3 is 12.0 Å². The molecule has 0 heterocycles. The highest BCUT2D eigenvalue weighted by atomic mass is 32.2. The molecule has 0 bridgehead atoms. The molecule has 0 spiro atoms. The first-order valence-corrected chi connectivity index (χ1v) is 10.9. The molecule has 1 aliphatic carbocycles. The molecule has 8 heteroatoms. The Morgan fingerprint density at radius 2 is 1.54 bits per heavy atom. The molecule has 0 aromatic rings. The normalized spacial score (nSPS) is 17.0. The maximum atomic E-state index is 12.5. The zero-order chi connectivity index (χ0) is 20.6. The molecule has 0 aliphatic heterocycles. The van der Waals surface area contributed by atoms with Crippen molar-refractivity contribution in [2.24, 2.45) is 5.92 Å². The third kappa shape index (κ3) is 9.40. The van der Waals surface area contributed by atoms with Crippen LogP contribution < -0.4 is 10.6 Å². The molecule has 3 N–H and O–H groups in total. The quantitative estimate of drug-likeness (QED) is 0.666. The van der Waals surface area contributed by atoms with Crippen LogP contribution in [0.2, 0.25) is 0 Å². The zero-order valence-electron chi connectivity index (χ0n) is 17.0. The van der Waals surface area contributed by atoms with Crippen molar-refractivity contribution in [2.75, 3.05) is 12.3 Å². The van der Waals surface area contributed by atoms with Crippen molar-refractivity contribution in [1.82, 2.24) is 10.6 Å². The first-order valence-electron chi connectivity index (χ1n) is 9.21. The second-order valence-corrected chi connectivity index (χ2v) is 11.4. The van der Waals surface area contributed by atoms with E-state index >= 15 is 0 Å². The highest BCUT2D eigenvalue weighted by Gasteiger charge is 2.42. The topological polar surface area (TPSA) is 113 Å². The van der Waals surface area contributed by atoms with Gasteiger partial charge in [0.05, 0.1) is 16.0 Å². The van der Waals surface area contributed by atoms with E-state index in [1.165, 1.54) is 0 Å². The minimum absolute atomic E-state index is 0.121. The summed E-state index contributed by atoms with van der Waals surface area (Å²) in [5, 5.41) is 13.5. The molecule has 1 aliphatic rings. The fourth-order valence-corrected chi connectivity index (χ4v) is 4.08. The molecule has 0 aromatic carbocycles. The van der Waals surface area contributed by atoms with Gasteiger partial charge in [-0.1, -0.05) is 40.0 Å². The van der Waals surface area contributed by atoms with Crippen molar-refractivity contribution in [3.63, 3.8) is 0 Å². The molecule has 154 valence electrons. The fraction of sp³-hybridized carbons (Fsp3) is 0.889. The number of carbonyl (C=O) groups excluding carboxylic acids is 1. The Morgan fingerprint density at radius 3 is 1.92 bits per heavy atom. The molecular weight excluding hydrogens is 356 g/mol. The predicted molar refractivity (Wildman–Crippen MR) is 104 cm³/mol. The highest BCUT2D eigenvalue weighted by molar-refractivity contribution is 7.92. The van der Waals surface area contributed by atoms with E-state index in [2.05, 4.69) is 31.4 Å². The maximum absolute atomic E-state index is 12.5. The van der Waals surface area contributed by atoms with Gasteiger partial charge in [-0.25, -0.2) is 13.2 Å². The van der Waals surface area contributed by atoms with Gasteiger partial charge in [0.1, 0.15) is 6.54 Å². The van der Waals surface area contributed by atoms with Crippen LogP contribution in [0.5, 0.6) is 0 Å². The Bertz CT molecular complexity index is 556. The summed E-state index contributed by atoms with van der Waals surface area (Å²) in [6.45, 7) is 10.9. The number of rotatable bonds is 5. The molecule has 1 saturated carbocycles. The summed E-state index contributed by atoms with van der Waals surface area (Å²) in [7, 11) is -3.39. The first kappa shape index (κ1) is 24.7. The third-order valence-corrected chi connectivity index (χ3v) is 6.79. The largest absolute Gasteiger partial charge is 0.480 e. The number of hydrogen-bond donors (Lipinski definition) is 3. The minimum atomic E-state index is -3.39. The van der Waals surface area contributed by atoms with Gasteiger partial charge in [-0.15, -0.1) is 0 Å². The van der Waals surface area contributed by atoms with Crippen LogP contribution in [-0.2, 0) is 14.6 Å². The summed E-state index contributed by atoms with van der Waals surface area (Å²) in [5.41, 5.74) is -0.813. The van der Waals surface area contributed by atoms with Crippen molar-refractivity contribution in [1.29, 1.82) is 0 Å². The summed E-state index contributed by atoms with van der Waals surface area (Å²) in [5.74, 6) is -0.431. The van der Waals surface area contributed by atoms with E-state index in [1.807, 2.05) is 0 Å². The minimum Gasteiger partial charge on any atom is -0.480 e. The Kier molecular flexibility index (Phi) is 9.62. The van der Waals surface area contributed by atoms with Crippen LogP contribution in [0.25, 0.3) is 0 Å². The van der Waals surface area contributed by atoms with Crippen molar-refractivity contribution in [3.05, 3.63) is 0 Å². The van der Waals surface area contributed by atoms with E-state index in [0.717, 1.165) is 25.2 Å². The zero-order valence-corrected chi connectivity index (χ0v) is 17.8. The van der Waals surface area contributed by atoms with E-state index in [9.17, 15) is 18.0 Å². The molecule has 0 atom stereocenters. The summed E-state index contributed by atoms with van der Waals surface area (Å²) in [4.78, 5) is 22.4. The number of nitrogens with one attached hydrogen (secondary N) is 2. The Morgan fingerprint density at radius 1 is 1.08 bits per heavy atom. The van der Waals surface area contributed by atoms with Gasteiger partial charge in [0, 0.05) is 0 Å². The van der Waals surface area contributed by atoms with Crippen molar-refractivity contribution in [3.8, 4) is 0 Å². The number of hydrogen-bond acceptors (Lipinski definition) is 4. The second kappa shape index (κ2) is 10.1. The highest BCUT2D eigenvalue weighted by Crippen LogP contribution is 2.32. The number of carbonyl (C=O) groups is 2. The molecule has 0 unspecified atom stereocenters. The average Bonchev–Trinajstić information content (AvgIpc) is 2.43. The molecule has 0 radical (unpaired) electrons. The Hall–Kier alpha value is -1.31. The summed E-state index contributed by atoms with van der Waals surface area (Å²) >= 11 is 0. The van der Waals surface area contributed by atoms with Gasteiger partial charge in [0.25, 0.3) is 0 Å². The number of aliphatic carboxylic acids is 1. The molecule has 0 aromatic heterocycles. The predicted octanol–water partition coefficient (Wildman–Crippen LogP) is 2.95. The molecule has 1 rings (SSSR count). The number of urea groups is 1. The lowest BCUT2D eigenvalue weighted by Gasteiger charge is -2.39. The SMILES string of the molecule is CC(C)(C)S(=O)(=O)CC1(NC(=O)NCC(=O)O)CCCCC1.CC(C)C. The van der Waals surface area contributed by atoms with E-state index in [0.29, 0.717) is 12.8 Å². The van der Waals surface area contributed by atoms with Gasteiger partial charge in [-0.2, -0.15) is 0 Å². The second-order valence-electron chi connectivity index (χ2n) is 8.65. The van der Waals surface area contributed by atoms with Gasteiger partial charge in [-0.3, -0.25) is 4.79 Å². The summed E-state index contributed by atoms with van der Waals surface area (Å²) in [6.07, 6.45) is 3.87. The standard InChI is InChI=1S/C14H26N2O5S.C4H10/c1-13(2,3)22(20,21)10-14(7-5-4-6-8-14)16-12(19)15-9-11(17)18;1-4(2)3/h4-10H2,1-3H3,(H,17,18)(H2,15,16,19);4H,1-3H3. The van der Waals surface area contributed by atoms with E-state index in [4.69, 9.17) is 5.11 Å². The smallest absolute Gasteiger partial charge is 0.323 e. The molecule has 2 amide bonds. The molecule has 1 fully saturated rings. The van der Waals surface area contributed by atoms with Crippen LogP contribution in [0.15, 0.2) is 0 Å². The van der Waals surface area contributed by atoms with Crippen LogP contribution in [0.3, 0.4) is 0 Å². The van der Waals surface area contributed by atoms with Crippen LogP contribution >= 0.6 is 0 Å². The number of carboxylic acid groups (broad SMARTS) is 1. The molecule has 26 heavy (non-hydrogen) atoms. The summed E-state index contributed by atoms with van der Waals surface area (Å²) < 4.78 is 24.1. The lowest BCUT2D eigenvalue weighted by Crippen LogP contribution is -2.58. The third-order valence-electron chi connectivity index (χ3n) is 3.99. The number of sulfone groups is 1. The van der Waals surface area contributed by atoms with Gasteiger partial charge in [0.15, 0.2) is 9.84 Å². The fourth-order valence-electron chi connectivity index (χ4n) is 2.56. The van der Waals surface area contributed by atoms with E-state index < -0.39 is 38.7 Å². The van der Waals surface area contributed by atoms with E-state index in [-0.39, 0.29) is 5.75 Å².